The minimum absolute atomic E-state index is 0.00951. The van der Waals surface area contributed by atoms with Crippen molar-refractivity contribution in [2.75, 3.05) is 28.8 Å². The van der Waals surface area contributed by atoms with Crippen LogP contribution >= 0.6 is 11.3 Å². The van der Waals surface area contributed by atoms with E-state index >= 15 is 0 Å². The molecule has 192 valence electrons. The van der Waals surface area contributed by atoms with Crippen LogP contribution in [0.4, 0.5) is 25.2 Å². The highest BCUT2D eigenvalue weighted by atomic mass is 32.1. The fraction of sp³-hybridized carbons (Fsp3) is 0.200. The average molecular weight is 529 g/mol. The molecule has 1 aliphatic heterocycles. The van der Waals surface area contributed by atoms with E-state index in [-0.39, 0.29) is 10.6 Å². The number of hydrogen-bond donors (Lipinski definition) is 2. The molecule has 3 amide bonds. The number of benzene rings is 2. The van der Waals surface area contributed by atoms with E-state index in [1.807, 2.05) is 0 Å². The number of anilines is 3. The smallest absolute Gasteiger partial charge is 0.342 e. The van der Waals surface area contributed by atoms with Crippen LogP contribution < -0.4 is 20.0 Å². The van der Waals surface area contributed by atoms with Gasteiger partial charge < -0.3 is 14.9 Å². The molecular weight excluding hydrogens is 506 g/mol. The Morgan fingerprint density at radius 1 is 1.00 bits per heavy atom. The van der Waals surface area contributed by atoms with Crippen molar-refractivity contribution in [1.82, 2.24) is 5.32 Å². The van der Waals surface area contributed by atoms with Crippen molar-refractivity contribution in [1.29, 1.82) is 0 Å². The molecule has 9 nitrogen and oxygen atoms in total. The molecule has 1 unspecified atom stereocenters. The zero-order chi connectivity index (χ0) is 26.9. The molecule has 0 saturated heterocycles. The van der Waals surface area contributed by atoms with Crippen molar-refractivity contribution in [2.45, 2.75) is 18.6 Å². The SMILES string of the molecule is CN1C(=O)C(NC(C(=O)O)N(C(=O)Cc2cc(F)cc(F)c2)c2cccs2)C(=O)N(C)c2ccccc21. The first kappa shape index (κ1) is 25.9. The number of fused-ring (bicyclic) bond motifs is 1. The molecule has 1 aliphatic rings. The second kappa shape index (κ2) is 10.4. The van der Waals surface area contributed by atoms with Gasteiger partial charge in [0.1, 0.15) is 11.6 Å². The lowest BCUT2D eigenvalue weighted by Gasteiger charge is -2.31. The molecule has 1 aromatic heterocycles. The molecular formula is C25H22F2N4O5S. The molecule has 37 heavy (non-hydrogen) atoms. The number of likely N-dealkylation sites (N-methyl/N-ethyl adjacent to an activating group) is 2. The largest absolute Gasteiger partial charge is 0.479 e. The second-order valence-corrected chi connectivity index (χ2v) is 9.22. The van der Waals surface area contributed by atoms with Gasteiger partial charge in [-0.15, -0.1) is 11.3 Å². The van der Waals surface area contributed by atoms with Gasteiger partial charge in [0.25, 0.3) is 11.8 Å². The van der Waals surface area contributed by atoms with Gasteiger partial charge in [-0.05, 0) is 47.3 Å². The lowest BCUT2D eigenvalue weighted by Crippen LogP contribution is -2.63. The summed E-state index contributed by atoms with van der Waals surface area (Å²) in [6.07, 6.45) is -2.39. The van der Waals surface area contributed by atoms with Gasteiger partial charge in [0, 0.05) is 20.2 Å². The highest BCUT2D eigenvalue weighted by Crippen LogP contribution is 2.32. The summed E-state index contributed by atoms with van der Waals surface area (Å²) in [5.41, 5.74) is 0.877. The molecule has 0 fully saturated rings. The summed E-state index contributed by atoms with van der Waals surface area (Å²) < 4.78 is 27.4. The molecule has 1 atom stereocenters. The first-order chi connectivity index (χ1) is 17.6. The Morgan fingerprint density at radius 2 is 1.57 bits per heavy atom. The predicted molar refractivity (Wildman–Crippen MR) is 133 cm³/mol. The fourth-order valence-corrected chi connectivity index (χ4v) is 4.87. The van der Waals surface area contributed by atoms with E-state index in [0.29, 0.717) is 17.4 Å². The summed E-state index contributed by atoms with van der Waals surface area (Å²) in [6.45, 7) is 0. The van der Waals surface area contributed by atoms with Gasteiger partial charge in [0.05, 0.1) is 22.8 Å². The van der Waals surface area contributed by atoms with Gasteiger partial charge in [-0.25, -0.2) is 13.6 Å². The number of para-hydroxylation sites is 2. The summed E-state index contributed by atoms with van der Waals surface area (Å²) in [7, 11) is 2.91. The molecule has 0 bridgehead atoms. The van der Waals surface area contributed by atoms with Gasteiger partial charge >= 0.3 is 5.97 Å². The maximum Gasteiger partial charge on any atom is 0.342 e. The standard InChI is InChI=1S/C25H22F2N4O5S/c1-29-17-6-3-4-7-18(17)30(2)24(34)21(23(29)33)28-22(25(35)36)31(20-8-5-9-37-20)19(32)12-14-10-15(26)13-16(27)11-14/h3-11,13,21-22,28H,12H2,1-2H3,(H,35,36). The van der Waals surface area contributed by atoms with Crippen LogP contribution in [0.2, 0.25) is 0 Å². The number of aliphatic carboxylic acids is 1. The lowest BCUT2D eigenvalue weighted by atomic mass is 10.1. The van der Waals surface area contributed by atoms with Crippen molar-refractivity contribution in [3.63, 3.8) is 0 Å². The van der Waals surface area contributed by atoms with Crippen LogP contribution in [0, 0.1) is 11.6 Å². The van der Waals surface area contributed by atoms with Crippen LogP contribution in [0.1, 0.15) is 5.56 Å². The second-order valence-electron chi connectivity index (χ2n) is 8.29. The Bertz CT molecular complexity index is 1310. The Morgan fingerprint density at radius 3 is 2.05 bits per heavy atom. The summed E-state index contributed by atoms with van der Waals surface area (Å²) in [6, 6.07) is 10.7. The van der Waals surface area contributed by atoms with Gasteiger partial charge in [0.2, 0.25) is 5.91 Å². The van der Waals surface area contributed by atoms with E-state index in [0.717, 1.165) is 28.4 Å². The molecule has 0 saturated carbocycles. The van der Waals surface area contributed by atoms with Crippen LogP contribution in [-0.4, -0.2) is 55.1 Å². The maximum absolute atomic E-state index is 13.7. The molecule has 4 rings (SSSR count). The first-order valence-electron chi connectivity index (χ1n) is 11.0. The van der Waals surface area contributed by atoms with E-state index in [1.54, 1.807) is 35.7 Å². The van der Waals surface area contributed by atoms with Crippen molar-refractivity contribution < 1.29 is 33.1 Å². The minimum atomic E-state index is -1.86. The number of carbonyl (C=O) groups is 4. The van der Waals surface area contributed by atoms with Crippen molar-refractivity contribution in [3.8, 4) is 0 Å². The normalized spacial score (nSPS) is 14.8. The van der Waals surface area contributed by atoms with E-state index in [2.05, 4.69) is 5.32 Å². The average Bonchev–Trinajstić information content (AvgIpc) is 3.36. The van der Waals surface area contributed by atoms with E-state index in [9.17, 15) is 33.1 Å². The van der Waals surface area contributed by atoms with Gasteiger partial charge in [0.15, 0.2) is 12.2 Å². The summed E-state index contributed by atoms with van der Waals surface area (Å²) in [4.78, 5) is 55.7. The third-order valence-corrected chi connectivity index (χ3v) is 6.73. The molecule has 2 heterocycles. The van der Waals surface area contributed by atoms with Crippen LogP contribution in [0.5, 0.6) is 0 Å². The molecule has 0 spiro atoms. The number of thiophene rings is 1. The molecule has 3 aromatic rings. The number of carboxylic acids is 1. The molecule has 0 aliphatic carbocycles. The van der Waals surface area contributed by atoms with Crippen LogP contribution in [0.25, 0.3) is 0 Å². The summed E-state index contributed by atoms with van der Waals surface area (Å²) >= 11 is 1.04. The number of nitrogens with one attached hydrogen (secondary N) is 1. The van der Waals surface area contributed by atoms with E-state index in [1.165, 1.54) is 30.0 Å². The minimum Gasteiger partial charge on any atom is -0.479 e. The van der Waals surface area contributed by atoms with E-state index in [4.69, 9.17) is 0 Å². The Labute approximate surface area is 214 Å². The van der Waals surface area contributed by atoms with Crippen molar-refractivity contribution >= 4 is 51.4 Å². The predicted octanol–water partition coefficient (Wildman–Crippen LogP) is 2.61. The molecule has 2 aromatic carbocycles. The maximum atomic E-state index is 13.7. The van der Waals surface area contributed by atoms with Crippen LogP contribution in [0.15, 0.2) is 60.0 Å². The first-order valence-corrected chi connectivity index (χ1v) is 11.9. The number of carbonyl (C=O) groups excluding carboxylic acids is 3. The molecule has 12 heteroatoms. The summed E-state index contributed by atoms with van der Waals surface area (Å²) in [5, 5.41) is 14.5. The number of halogens is 2. The lowest BCUT2D eigenvalue weighted by molar-refractivity contribution is -0.142. The number of carboxylic acid groups (broad SMARTS) is 1. The number of nitrogens with zero attached hydrogens (tertiary/aromatic N) is 3. The van der Waals surface area contributed by atoms with Gasteiger partial charge in [-0.3, -0.25) is 24.6 Å². The van der Waals surface area contributed by atoms with Crippen LogP contribution in [-0.2, 0) is 25.6 Å². The third-order valence-electron chi connectivity index (χ3n) is 5.87. The van der Waals surface area contributed by atoms with Crippen molar-refractivity contribution in [2.24, 2.45) is 0 Å². The van der Waals surface area contributed by atoms with Crippen LogP contribution in [0.3, 0.4) is 0 Å². The molecule has 0 radical (unpaired) electrons. The van der Waals surface area contributed by atoms with E-state index < -0.39 is 54.0 Å². The highest BCUT2D eigenvalue weighted by molar-refractivity contribution is 7.14. The Hall–Kier alpha value is -4.16. The monoisotopic (exact) mass is 528 g/mol. The number of amides is 3. The quantitative estimate of drug-likeness (QED) is 0.361. The highest BCUT2D eigenvalue weighted by Gasteiger charge is 2.42. The zero-order valence-electron chi connectivity index (χ0n) is 19.7. The fourth-order valence-electron chi connectivity index (χ4n) is 4.09. The third kappa shape index (κ3) is 5.20. The Kier molecular flexibility index (Phi) is 7.32. The topological polar surface area (TPSA) is 110 Å². The number of rotatable bonds is 7. The number of hydrogen-bond acceptors (Lipinski definition) is 6. The molecule has 2 N–H and O–H groups in total. The summed E-state index contributed by atoms with van der Waals surface area (Å²) in [5.74, 6) is -5.58. The van der Waals surface area contributed by atoms with Crippen molar-refractivity contribution in [3.05, 3.63) is 77.2 Å². The zero-order valence-corrected chi connectivity index (χ0v) is 20.5. The van der Waals surface area contributed by atoms with Gasteiger partial charge in [-0.1, -0.05) is 12.1 Å². The Balaban J connectivity index is 1.70. The van der Waals surface area contributed by atoms with Gasteiger partial charge in [-0.2, -0.15) is 0 Å².